The van der Waals surface area contributed by atoms with Crippen LogP contribution in [0.15, 0.2) is 31.1 Å². The Morgan fingerprint density at radius 3 is 2.43 bits per heavy atom. The van der Waals surface area contributed by atoms with Gasteiger partial charge in [-0.05, 0) is 30.5 Å². The topological polar surface area (TPSA) is 12.9 Å². The molecule has 76 valence electrons. The van der Waals surface area contributed by atoms with Crippen molar-refractivity contribution in [2.75, 3.05) is 0 Å². The highest BCUT2D eigenvalue weighted by molar-refractivity contribution is 5.55. The second kappa shape index (κ2) is 7.07. The number of hydrogen-bond acceptors (Lipinski definition) is 1. The molecule has 0 atom stereocenters. The number of pyridine rings is 1. The van der Waals surface area contributed by atoms with Crippen LogP contribution in [0.4, 0.5) is 0 Å². The molecule has 0 fully saturated rings. The highest BCUT2D eigenvalue weighted by atomic mass is 14.6. The zero-order valence-electron chi connectivity index (χ0n) is 9.54. The number of allylic oxidation sites excluding steroid dienone is 2. The van der Waals surface area contributed by atoms with Gasteiger partial charge in [0.2, 0.25) is 0 Å². The Kier molecular flexibility index (Phi) is 6.38. The fourth-order valence-electron chi connectivity index (χ4n) is 0.990. The molecular formula is C13H19N. The number of aromatic nitrogens is 1. The molecule has 1 aromatic rings. The summed E-state index contributed by atoms with van der Waals surface area (Å²) in [6.45, 7) is 11.8. The van der Waals surface area contributed by atoms with Crippen molar-refractivity contribution in [1.29, 1.82) is 0 Å². The van der Waals surface area contributed by atoms with Crippen molar-refractivity contribution in [3.05, 3.63) is 47.8 Å². The minimum absolute atomic E-state index is 1.16. The van der Waals surface area contributed by atoms with Crippen LogP contribution in [0.3, 0.4) is 0 Å². The molecule has 1 nitrogen and oxygen atoms in total. The number of hydrogen-bond donors (Lipinski definition) is 0. The van der Waals surface area contributed by atoms with Crippen molar-refractivity contribution < 1.29 is 0 Å². The minimum Gasteiger partial charge on any atom is -0.264 e. The smallest absolute Gasteiger partial charge is 0.0343 e. The molecule has 1 aromatic heterocycles. The molecule has 0 aliphatic carbocycles. The molecule has 0 aliphatic heterocycles. The van der Waals surface area contributed by atoms with E-state index in [1.165, 1.54) is 11.1 Å². The number of rotatable bonds is 2. The lowest BCUT2D eigenvalue weighted by Gasteiger charge is -2.01. The Labute approximate surface area is 87.2 Å². The molecule has 0 spiro atoms. The summed E-state index contributed by atoms with van der Waals surface area (Å²) in [6.07, 6.45) is 9.44. The lowest BCUT2D eigenvalue weighted by molar-refractivity contribution is 1.20. The fourth-order valence-corrected chi connectivity index (χ4v) is 0.990. The third-order valence-corrected chi connectivity index (χ3v) is 1.92. The molecule has 0 aliphatic rings. The van der Waals surface area contributed by atoms with Crippen molar-refractivity contribution in [3.63, 3.8) is 0 Å². The molecule has 0 unspecified atom stereocenters. The molecule has 0 saturated carbocycles. The number of nitrogens with zero attached hydrogens (tertiary/aromatic N) is 1. The van der Waals surface area contributed by atoms with Crippen LogP contribution in [0.25, 0.3) is 6.08 Å². The Morgan fingerprint density at radius 2 is 1.86 bits per heavy atom. The first-order chi connectivity index (χ1) is 6.75. The fraction of sp³-hybridized carbons (Fsp3) is 0.308. The summed E-state index contributed by atoms with van der Waals surface area (Å²) in [5.74, 6) is 0. The molecule has 0 amide bonds. The first kappa shape index (κ1) is 12.6. The molecule has 0 bridgehead atoms. The van der Waals surface area contributed by atoms with Crippen LogP contribution in [-0.4, -0.2) is 4.98 Å². The monoisotopic (exact) mass is 189 g/mol. The van der Waals surface area contributed by atoms with Crippen molar-refractivity contribution in [2.45, 2.75) is 27.7 Å². The average Bonchev–Trinajstić information content (AvgIpc) is 2.23. The highest BCUT2D eigenvalue weighted by Crippen LogP contribution is 2.11. The van der Waals surface area contributed by atoms with Gasteiger partial charge in [-0.15, -0.1) is 0 Å². The molecule has 0 aromatic carbocycles. The van der Waals surface area contributed by atoms with Gasteiger partial charge in [0.05, 0.1) is 0 Å². The van der Waals surface area contributed by atoms with Crippen LogP contribution in [-0.2, 0) is 0 Å². The van der Waals surface area contributed by atoms with E-state index in [-0.39, 0.29) is 0 Å². The van der Waals surface area contributed by atoms with Gasteiger partial charge in [-0.3, -0.25) is 4.98 Å². The van der Waals surface area contributed by atoms with E-state index in [1.807, 2.05) is 38.4 Å². The molecule has 1 heteroatoms. The second-order valence-electron chi connectivity index (χ2n) is 2.77. The zero-order valence-corrected chi connectivity index (χ0v) is 9.54. The molecule has 0 N–H and O–H groups in total. The van der Waals surface area contributed by atoms with Crippen LogP contribution in [0, 0.1) is 13.8 Å². The summed E-state index contributed by atoms with van der Waals surface area (Å²) in [5.41, 5.74) is 3.67. The summed E-state index contributed by atoms with van der Waals surface area (Å²) < 4.78 is 0. The van der Waals surface area contributed by atoms with Crippen molar-refractivity contribution in [1.82, 2.24) is 4.98 Å². The van der Waals surface area contributed by atoms with E-state index in [0.717, 1.165) is 5.56 Å². The normalized spacial score (nSPS) is 9.43. The van der Waals surface area contributed by atoms with E-state index >= 15 is 0 Å². The predicted molar refractivity (Wildman–Crippen MR) is 64.3 cm³/mol. The van der Waals surface area contributed by atoms with Gasteiger partial charge in [0.25, 0.3) is 0 Å². The first-order valence-electron chi connectivity index (χ1n) is 4.96. The van der Waals surface area contributed by atoms with Crippen molar-refractivity contribution >= 4 is 6.08 Å². The van der Waals surface area contributed by atoms with Crippen molar-refractivity contribution in [2.24, 2.45) is 0 Å². The van der Waals surface area contributed by atoms with Crippen LogP contribution >= 0.6 is 0 Å². The van der Waals surface area contributed by atoms with E-state index in [9.17, 15) is 0 Å². The maximum Gasteiger partial charge on any atom is 0.0343 e. The Balaban J connectivity index is 0.000000791. The summed E-state index contributed by atoms with van der Waals surface area (Å²) in [7, 11) is 0. The van der Waals surface area contributed by atoms with Gasteiger partial charge in [-0.25, -0.2) is 0 Å². The predicted octanol–water partition coefficient (Wildman–Crippen LogP) is 3.92. The summed E-state index contributed by atoms with van der Waals surface area (Å²) in [4.78, 5) is 4.11. The maximum atomic E-state index is 4.11. The van der Waals surface area contributed by atoms with E-state index in [4.69, 9.17) is 0 Å². The van der Waals surface area contributed by atoms with Crippen LogP contribution < -0.4 is 0 Å². The van der Waals surface area contributed by atoms with Gasteiger partial charge in [0.15, 0.2) is 0 Å². The summed E-state index contributed by atoms with van der Waals surface area (Å²) >= 11 is 0. The van der Waals surface area contributed by atoms with Gasteiger partial charge in [-0.1, -0.05) is 38.7 Å². The molecule has 0 saturated heterocycles. The van der Waals surface area contributed by atoms with E-state index in [0.29, 0.717) is 0 Å². The van der Waals surface area contributed by atoms with E-state index in [1.54, 1.807) is 6.08 Å². The third kappa shape index (κ3) is 3.56. The lowest BCUT2D eigenvalue weighted by Crippen LogP contribution is -1.87. The minimum atomic E-state index is 1.16. The Bertz CT molecular complexity index is 311. The van der Waals surface area contributed by atoms with Gasteiger partial charge < -0.3 is 0 Å². The van der Waals surface area contributed by atoms with E-state index in [2.05, 4.69) is 25.4 Å². The SMILES string of the molecule is C=C/C=C\c1cncc(C)c1C.CC. The largest absolute Gasteiger partial charge is 0.264 e. The quantitative estimate of drug-likeness (QED) is 0.642. The molecular weight excluding hydrogens is 170 g/mol. The van der Waals surface area contributed by atoms with Crippen LogP contribution in [0.1, 0.15) is 30.5 Å². The summed E-state index contributed by atoms with van der Waals surface area (Å²) in [6, 6.07) is 0. The molecule has 1 rings (SSSR count). The second-order valence-corrected chi connectivity index (χ2v) is 2.77. The van der Waals surface area contributed by atoms with E-state index < -0.39 is 0 Å². The van der Waals surface area contributed by atoms with Crippen molar-refractivity contribution in [3.8, 4) is 0 Å². The molecule has 14 heavy (non-hydrogen) atoms. The van der Waals surface area contributed by atoms with Crippen LogP contribution in [0.2, 0.25) is 0 Å². The number of aryl methyl sites for hydroxylation is 1. The van der Waals surface area contributed by atoms with Gasteiger partial charge in [-0.2, -0.15) is 0 Å². The standard InChI is InChI=1S/C11H13N.C2H6/c1-4-5-6-11-8-12-7-9(2)10(11)3;1-2/h4-8H,1H2,2-3H3;1-2H3/b6-5-;. The van der Waals surface area contributed by atoms with Gasteiger partial charge in [0.1, 0.15) is 0 Å². The maximum absolute atomic E-state index is 4.11. The third-order valence-electron chi connectivity index (χ3n) is 1.92. The molecule has 1 heterocycles. The highest BCUT2D eigenvalue weighted by Gasteiger charge is 1.95. The Hall–Kier alpha value is -1.37. The van der Waals surface area contributed by atoms with Gasteiger partial charge in [0, 0.05) is 12.4 Å². The molecule has 0 radical (unpaired) electrons. The van der Waals surface area contributed by atoms with Gasteiger partial charge >= 0.3 is 0 Å². The first-order valence-corrected chi connectivity index (χ1v) is 4.96. The lowest BCUT2D eigenvalue weighted by atomic mass is 10.1. The Morgan fingerprint density at radius 1 is 1.21 bits per heavy atom. The summed E-state index contributed by atoms with van der Waals surface area (Å²) in [5, 5.41) is 0. The van der Waals surface area contributed by atoms with Crippen LogP contribution in [0.5, 0.6) is 0 Å². The zero-order chi connectivity index (χ0) is 11.0. The average molecular weight is 189 g/mol.